The fourth-order valence-corrected chi connectivity index (χ4v) is 2.91. The van der Waals surface area contributed by atoms with Gasteiger partial charge in [0.15, 0.2) is 0 Å². The van der Waals surface area contributed by atoms with E-state index in [4.69, 9.17) is 4.74 Å². The van der Waals surface area contributed by atoms with Crippen molar-refractivity contribution < 1.29 is 9.13 Å². The highest BCUT2D eigenvalue weighted by molar-refractivity contribution is 5.18. The summed E-state index contributed by atoms with van der Waals surface area (Å²) in [4.78, 5) is 0. The van der Waals surface area contributed by atoms with Gasteiger partial charge in [0.1, 0.15) is 5.82 Å². The van der Waals surface area contributed by atoms with Crippen molar-refractivity contribution in [2.45, 2.75) is 57.6 Å². The first-order valence-corrected chi connectivity index (χ1v) is 7.76. The topological polar surface area (TPSA) is 21.3 Å². The SMILES string of the molecule is CCCNC(Cc1ccc(F)cc1)C1(C)CCCCO1. The summed E-state index contributed by atoms with van der Waals surface area (Å²) in [6.45, 7) is 6.23. The fraction of sp³-hybridized carbons (Fsp3) is 0.647. The van der Waals surface area contributed by atoms with Gasteiger partial charge in [0.05, 0.1) is 5.60 Å². The van der Waals surface area contributed by atoms with Gasteiger partial charge in [-0.1, -0.05) is 19.1 Å². The first-order chi connectivity index (χ1) is 9.64. The minimum Gasteiger partial charge on any atom is -0.374 e. The number of rotatable bonds is 6. The van der Waals surface area contributed by atoms with Crippen molar-refractivity contribution in [2.24, 2.45) is 0 Å². The molecule has 3 heteroatoms. The van der Waals surface area contributed by atoms with Crippen LogP contribution in [-0.4, -0.2) is 24.8 Å². The highest BCUT2D eigenvalue weighted by Gasteiger charge is 2.36. The average Bonchev–Trinajstić information content (AvgIpc) is 2.46. The summed E-state index contributed by atoms with van der Waals surface area (Å²) in [5.74, 6) is -0.174. The molecule has 1 saturated heterocycles. The second-order valence-corrected chi connectivity index (χ2v) is 5.96. The molecule has 1 heterocycles. The zero-order valence-electron chi connectivity index (χ0n) is 12.6. The van der Waals surface area contributed by atoms with Crippen LogP contribution < -0.4 is 5.32 Å². The van der Waals surface area contributed by atoms with Gasteiger partial charge >= 0.3 is 0 Å². The fourth-order valence-electron chi connectivity index (χ4n) is 2.91. The zero-order valence-corrected chi connectivity index (χ0v) is 12.6. The largest absolute Gasteiger partial charge is 0.374 e. The summed E-state index contributed by atoms with van der Waals surface area (Å²) in [5.41, 5.74) is 1.05. The van der Waals surface area contributed by atoms with E-state index in [0.29, 0.717) is 0 Å². The average molecular weight is 279 g/mol. The van der Waals surface area contributed by atoms with E-state index in [1.165, 1.54) is 18.6 Å². The van der Waals surface area contributed by atoms with Crippen LogP contribution in [0.2, 0.25) is 0 Å². The molecule has 2 nitrogen and oxygen atoms in total. The smallest absolute Gasteiger partial charge is 0.123 e. The van der Waals surface area contributed by atoms with E-state index in [-0.39, 0.29) is 17.5 Å². The van der Waals surface area contributed by atoms with E-state index >= 15 is 0 Å². The van der Waals surface area contributed by atoms with E-state index in [0.717, 1.165) is 44.4 Å². The molecule has 0 spiro atoms. The van der Waals surface area contributed by atoms with Crippen molar-refractivity contribution in [2.75, 3.05) is 13.2 Å². The van der Waals surface area contributed by atoms with Crippen molar-refractivity contribution in [1.29, 1.82) is 0 Å². The lowest BCUT2D eigenvalue weighted by atomic mass is 9.84. The van der Waals surface area contributed by atoms with Crippen molar-refractivity contribution in [1.82, 2.24) is 5.32 Å². The Bertz CT molecular complexity index is 398. The number of hydrogen-bond donors (Lipinski definition) is 1. The molecule has 2 unspecified atom stereocenters. The van der Waals surface area contributed by atoms with E-state index in [1.807, 2.05) is 12.1 Å². The van der Waals surface area contributed by atoms with Crippen LogP contribution in [-0.2, 0) is 11.2 Å². The molecule has 0 amide bonds. The van der Waals surface area contributed by atoms with Gasteiger partial charge in [-0.2, -0.15) is 0 Å². The molecule has 2 atom stereocenters. The van der Waals surface area contributed by atoms with Gasteiger partial charge in [-0.05, 0) is 63.3 Å². The summed E-state index contributed by atoms with van der Waals surface area (Å²) in [6.07, 6.45) is 5.47. The Hall–Kier alpha value is -0.930. The van der Waals surface area contributed by atoms with Crippen LogP contribution in [0.25, 0.3) is 0 Å². The molecular weight excluding hydrogens is 253 g/mol. The van der Waals surface area contributed by atoms with E-state index in [1.54, 1.807) is 0 Å². The molecule has 1 fully saturated rings. The predicted octanol–water partition coefficient (Wildman–Crippen LogP) is 3.70. The predicted molar refractivity (Wildman–Crippen MR) is 80.4 cm³/mol. The molecule has 1 N–H and O–H groups in total. The molecule has 1 aliphatic rings. The van der Waals surface area contributed by atoms with Crippen molar-refractivity contribution in [3.8, 4) is 0 Å². The van der Waals surface area contributed by atoms with Crippen LogP contribution in [0.4, 0.5) is 4.39 Å². The van der Waals surface area contributed by atoms with Crippen LogP contribution >= 0.6 is 0 Å². The third-order valence-corrected chi connectivity index (χ3v) is 4.23. The minimum atomic E-state index is -0.174. The number of nitrogens with one attached hydrogen (secondary N) is 1. The van der Waals surface area contributed by atoms with Crippen LogP contribution in [0.5, 0.6) is 0 Å². The van der Waals surface area contributed by atoms with Gasteiger partial charge in [-0.3, -0.25) is 0 Å². The number of halogens is 1. The second-order valence-electron chi connectivity index (χ2n) is 5.96. The second kappa shape index (κ2) is 7.19. The number of benzene rings is 1. The summed E-state index contributed by atoms with van der Waals surface area (Å²) in [5, 5.41) is 3.62. The molecule has 0 aliphatic carbocycles. The van der Waals surface area contributed by atoms with Crippen molar-refractivity contribution in [3.63, 3.8) is 0 Å². The lowest BCUT2D eigenvalue weighted by Gasteiger charge is -2.41. The number of hydrogen-bond acceptors (Lipinski definition) is 2. The molecule has 0 saturated carbocycles. The molecule has 0 aromatic heterocycles. The summed E-state index contributed by atoms with van der Waals surface area (Å²) in [7, 11) is 0. The lowest BCUT2D eigenvalue weighted by molar-refractivity contribution is -0.0883. The Balaban J connectivity index is 2.07. The number of ether oxygens (including phenoxy) is 1. The standard InChI is InChI=1S/C17H26FNO/c1-3-11-19-16(17(2)10-4-5-12-20-17)13-14-6-8-15(18)9-7-14/h6-9,16,19H,3-5,10-13H2,1-2H3. The summed E-state index contributed by atoms with van der Waals surface area (Å²) < 4.78 is 19.1. The maximum Gasteiger partial charge on any atom is 0.123 e. The van der Waals surface area contributed by atoms with Crippen molar-refractivity contribution >= 4 is 0 Å². The third kappa shape index (κ3) is 4.03. The quantitative estimate of drug-likeness (QED) is 0.857. The van der Waals surface area contributed by atoms with Gasteiger partial charge in [0.2, 0.25) is 0 Å². The third-order valence-electron chi connectivity index (χ3n) is 4.23. The molecule has 0 bridgehead atoms. The zero-order chi connectivity index (χ0) is 14.4. The minimum absolute atomic E-state index is 0.109. The van der Waals surface area contributed by atoms with Crippen LogP contribution in [0.3, 0.4) is 0 Å². The van der Waals surface area contributed by atoms with Gasteiger partial charge in [-0.25, -0.2) is 4.39 Å². The first-order valence-electron chi connectivity index (χ1n) is 7.76. The monoisotopic (exact) mass is 279 g/mol. The molecule has 1 aromatic rings. The van der Waals surface area contributed by atoms with Gasteiger partial charge in [0, 0.05) is 12.6 Å². The maximum atomic E-state index is 13.0. The Kier molecular flexibility index (Phi) is 5.55. The normalized spacial score (nSPS) is 24.6. The Morgan fingerprint density at radius 1 is 1.30 bits per heavy atom. The molecular formula is C17H26FNO. The highest BCUT2D eigenvalue weighted by atomic mass is 19.1. The van der Waals surface area contributed by atoms with Crippen LogP contribution in [0.1, 0.15) is 45.1 Å². The first kappa shape index (κ1) is 15.5. The van der Waals surface area contributed by atoms with Gasteiger partial charge in [0.25, 0.3) is 0 Å². The van der Waals surface area contributed by atoms with Crippen LogP contribution in [0.15, 0.2) is 24.3 Å². The summed E-state index contributed by atoms with van der Waals surface area (Å²) >= 11 is 0. The molecule has 1 aromatic carbocycles. The van der Waals surface area contributed by atoms with E-state index in [2.05, 4.69) is 19.2 Å². The molecule has 2 rings (SSSR count). The highest BCUT2D eigenvalue weighted by Crippen LogP contribution is 2.29. The molecule has 20 heavy (non-hydrogen) atoms. The van der Waals surface area contributed by atoms with Gasteiger partial charge in [-0.15, -0.1) is 0 Å². The lowest BCUT2D eigenvalue weighted by Crippen LogP contribution is -2.53. The summed E-state index contributed by atoms with van der Waals surface area (Å²) in [6, 6.07) is 7.12. The van der Waals surface area contributed by atoms with E-state index in [9.17, 15) is 4.39 Å². The molecule has 0 radical (unpaired) electrons. The maximum absolute atomic E-state index is 13.0. The van der Waals surface area contributed by atoms with Crippen LogP contribution in [0, 0.1) is 5.82 Å². The molecule has 1 aliphatic heterocycles. The Morgan fingerprint density at radius 3 is 2.65 bits per heavy atom. The van der Waals surface area contributed by atoms with E-state index < -0.39 is 0 Å². The van der Waals surface area contributed by atoms with Gasteiger partial charge < -0.3 is 10.1 Å². The van der Waals surface area contributed by atoms with Crippen molar-refractivity contribution in [3.05, 3.63) is 35.6 Å². The Labute approximate surface area is 121 Å². The Morgan fingerprint density at radius 2 is 2.05 bits per heavy atom. The molecule has 112 valence electrons.